The molecule has 3 aromatic rings. The van der Waals surface area contributed by atoms with Crippen molar-refractivity contribution in [3.8, 4) is 46.0 Å². The third kappa shape index (κ3) is 3.74. The van der Waals surface area contributed by atoms with Crippen LogP contribution in [0.5, 0.6) is 46.0 Å². The topological polar surface area (TPSA) is 177 Å². The van der Waals surface area contributed by atoms with E-state index in [-0.39, 0.29) is 40.5 Å². The zero-order valence-corrected chi connectivity index (χ0v) is 16.3. The summed E-state index contributed by atoms with van der Waals surface area (Å²) in [6, 6.07) is 8.19. The lowest BCUT2D eigenvalue weighted by molar-refractivity contribution is 0.0196. The Hall–Kier alpha value is -4.31. The Morgan fingerprint density at radius 1 is 0.844 bits per heavy atom. The highest BCUT2D eigenvalue weighted by Crippen LogP contribution is 2.43. The minimum absolute atomic E-state index is 0.00139. The van der Waals surface area contributed by atoms with Crippen LogP contribution in [-0.4, -0.2) is 47.8 Å². The fourth-order valence-corrected chi connectivity index (χ4v) is 3.40. The van der Waals surface area contributed by atoms with Crippen LogP contribution in [-0.2, 0) is 6.42 Å². The number of esters is 1. The van der Waals surface area contributed by atoms with Gasteiger partial charge in [0.05, 0.1) is 11.7 Å². The molecule has 0 radical (unpaired) electrons. The molecule has 0 fully saturated rings. The van der Waals surface area contributed by atoms with E-state index in [0.29, 0.717) is 5.56 Å². The highest BCUT2D eigenvalue weighted by molar-refractivity contribution is 5.92. The van der Waals surface area contributed by atoms with Gasteiger partial charge in [0.15, 0.2) is 28.7 Å². The van der Waals surface area contributed by atoms with Gasteiger partial charge in [0.25, 0.3) is 0 Å². The van der Waals surface area contributed by atoms with E-state index in [1.165, 1.54) is 24.3 Å². The molecular weight excluding hydrogens is 424 g/mol. The molecule has 0 spiro atoms. The number of ether oxygens (including phenoxy) is 2. The van der Waals surface area contributed by atoms with Crippen LogP contribution >= 0.6 is 0 Å². The first-order chi connectivity index (χ1) is 15.1. The predicted octanol–water partition coefficient (Wildman–Crippen LogP) is 2.18. The van der Waals surface area contributed by atoms with Crippen LogP contribution in [0.15, 0.2) is 42.5 Å². The average Bonchev–Trinajstić information content (AvgIpc) is 2.74. The molecule has 0 bridgehead atoms. The van der Waals surface area contributed by atoms with Crippen LogP contribution in [0.25, 0.3) is 0 Å². The molecule has 0 aliphatic carbocycles. The van der Waals surface area contributed by atoms with Crippen molar-refractivity contribution in [2.45, 2.75) is 18.6 Å². The number of benzene rings is 3. The van der Waals surface area contributed by atoms with E-state index in [1.807, 2.05) is 0 Å². The quantitative estimate of drug-likeness (QED) is 0.181. The molecule has 0 saturated heterocycles. The van der Waals surface area contributed by atoms with Crippen molar-refractivity contribution in [3.63, 3.8) is 0 Å². The molecule has 10 heteroatoms. The number of aromatic hydroxyl groups is 6. The maximum absolute atomic E-state index is 12.4. The third-order valence-corrected chi connectivity index (χ3v) is 5.02. The molecule has 166 valence electrons. The number of carbonyl (C=O) groups is 1. The van der Waals surface area contributed by atoms with E-state index in [4.69, 9.17) is 9.47 Å². The Kier molecular flexibility index (Phi) is 5.07. The Morgan fingerprint density at radius 3 is 2.19 bits per heavy atom. The molecule has 1 aliphatic rings. The summed E-state index contributed by atoms with van der Waals surface area (Å²) in [7, 11) is 0. The van der Waals surface area contributed by atoms with Gasteiger partial charge >= 0.3 is 5.97 Å². The van der Waals surface area contributed by atoms with Crippen molar-refractivity contribution in [1.82, 2.24) is 0 Å². The maximum Gasteiger partial charge on any atom is 0.343 e. The van der Waals surface area contributed by atoms with Crippen molar-refractivity contribution in [1.29, 1.82) is 0 Å². The second kappa shape index (κ2) is 7.75. The highest BCUT2D eigenvalue weighted by atomic mass is 16.5. The first kappa shape index (κ1) is 20.9. The number of phenols is 6. The largest absolute Gasteiger partial charge is 0.507 e. The van der Waals surface area contributed by atoms with E-state index in [1.54, 1.807) is 0 Å². The number of phenolic OH excluding ortho intramolecular Hbond substituents is 6. The highest BCUT2D eigenvalue weighted by Gasteiger charge is 2.33. The molecule has 0 amide bonds. The number of fused-ring (bicyclic) bond motifs is 1. The van der Waals surface area contributed by atoms with Crippen LogP contribution in [0, 0.1) is 0 Å². The number of hydrogen-bond acceptors (Lipinski definition) is 10. The molecule has 0 aromatic heterocycles. The molecule has 4 rings (SSSR count). The van der Waals surface area contributed by atoms with E-state index < -0.39 is 41.2 Å². The average molecular weight is 442 g/mol. The Bertz CT molecular complexity index is 1200. The van der Waals surface area contributed by atoms with Crippen LogP contribution in [0.4, 0.5) is 0 Å². The smallest absolute Gasteiger partial charge is 0.343 e. The van der Waals surface area contributed by atoms with Crippen molar-refractivity contribution in [2.75, 3.05) is 0 Å². The molecule has 2 atom stereocenters. The second-order valence-corrected chi connectivity index (χ2v) is 7.23. The fourth-order valence-electron chi connectivity index (χ4n) is 3.40. The van der Waals surface area contributed by atoms with Gasteiger partial charge in [0.1, 0.15) is 23.4 Å². The SMILES string of the molecule is O=C(Oc1cc(O)c2c(c1)O[C@@H](c1ccc(O)c(O)c1)[C@H](O)C2)c1cc(O)c(O)c(O)c1. The molecule has 0 saturated carbocycles. The standard InChI is InChI=1S/C22H18O10/c23-13-2-1-9(3-15(13)25)21-18(28)8-12-14(24)6-11(7-19(12)32-21)31-22(30)10-4-16(26)20(29)17(27)5-10/h1-7,18,21,23-29H,8H2/t18-,21+/m1/s1. The molecule has 0 unspecified atom stereocenters. The summed E-state index contributed by atoms with van der Waals surface area (Å²) in [5, 5.41) is 68.5. The Balaban J connectivity index is 1.62. The molecule has 32 heavy (non-hydrogen) atoms. The zero-order chi connectivity index (χ0) is 23.2. The van der Waals surface area contributed by atoms with Gasteiger partial charge in [-0.05, 0) is 29.8 Å². The van der Waals surface area contributed by atoms with Crippen molar-refractivity contribution in [3.05, 3.63) is 59.2 Å². The normalized spacial score (nSPS) is 17.3. The number of hydrogen-bond donors (Lipinski definition) is 7. The number of aliphatic hydroxyl groups excluding tert-OH is 1. The molecule has 7 N–H and O–H groups in total. The fraction of sp³-hybridized carbons (Fsp3) is 0.136. The molecular formula is C22H18O10. The van der Waals surface area contributed by atoms with Gasteiger partial charge in [-0.1, -0.05) is 6.07 Å². The van der Waals surface area contributed by atoms with Crippen LogP contribution < -0.4 is 9.47 Å². The van der Waals surface area contributed by atoms with Gasteiger partial charge in [0.2, 0.25) is 0 Å². The number of carbonyl (C=O) groups excluding carboxylic acids is 1. The summed E-state index contributed by atoms with van der Waals surface area (Å²) in [5.41, 5.74) is 0.385. The van der Waals surface area contributed by atoms with E-state index in [2.05, 4.69) is 0 Å². The maximum atomic E-state index is 12.4. The lowest BCUT2D eigenvalue weighted by Crippen LogP contribution is -2.30. The van der Waals surface area contributed by atoms with E-state index in [9.17, 15) is 40.5 Å². The summed E-state index contributed by atoms with van der Waals surface area (Å²) in [6.07, 6.45) is -2.01. The van der Waals surface area contributed by atoms with Crippen molar-refractivity contribution >= 4 is 5.97 Å². The minimum Gasteiger partial charge on any atom is -0.507 e. The zero-order valence-electron chi connectivity index (χ0n) is 16.3. The van der Waals surface area contributed by atoms with Crippen molar-refractivity contribution < 1.29 is 50.0 Å². The van der Waals surface area contributed by atoms with Crippen LogP contribution in [0.3, 0.4) is 0 Å². The van der Waals surface area contributed by atoms with Gasteiger partial charge in [-0.2, -0.15) is 0 Å². The van der Waals surface area contributed by atoms with Crippen molar-refractivity contribution in [2.24, 2.45) is 0 Å². The minimum atomic E-state index is -1.08. The molecule has 10 nitrogen and oxygen atoms in total. The summed E-state index contributed by atoms with van der Waals surface area (Å²) in [5.74, 6) is -4.25. The van der Waals surface area contributed by atoms with Gasteiger partial charge in [-0.15, -0.1) is 0 Å². The second-order valence-electron chi connectivity index (χ2n) is 7.23. The molecule has 3 aromatic carbocycles. The van der Waals surface area contributed by atoms with Crippen LogP contribution in [0.2, 0.25) is 0 Å². The van der Waals surface area contributed by atoms with E-state index >= 15 is 0 Å². The third-order valence-electron chi connectivity index (χ3n) is 5.02. The van der Waals surface area contributed by atoms with Gasteiger partial charge in [-0.3, -0.25) is 0 Å². The van der Waals surface area contributed by atoms with Gasteiger partial charge < -0.3 is 45.2 Å². The van der Waals surface area contributed by atoms with Gasteiger partial charge in [-0.25, -0.2) is 4.79 Å². The number of rotatable bonds is 3. The van der Waals surface area contributed by atoms with Gasteiger partial charge in [0, 0.05) is 24.1 Å². The van der Waals surface area contributed by atoms with E-state index in [0.717, 1.165) is 18.2 Å². The first-order valence-corrected chi connectivity index (χ1v) is 9.33. The lowest BCUT2D eigenvalue weighted by Gasteiger charge is -2.31. The first-order valence-electron chi connectivity index (χ1n) is 9.33. The summed E-state index contributed by atoms with van der Waals surface area (Å²) in [4.78, 5) is 12.4. The monoisotopic (exact) mass is 442 g/mol. The Morgan fingerprint density at radius 2 is 1.53 bits per heavy atom. The summed E-state index contributed by atoms with van der Waals surface area (Å²) in [6.45, 7) is 0. The van der Waals surface area contributed by atoms with Crippen LogP contribution in [0.1, 0.15) is 27.6 Å². The molecule has 1 aliphatic heterocycles. The predicted molar refractivity (Wildman–Crippen MR) is 107 cm³/mol. The lowest BCUT2D eigenvalue weighted by atomic mass is 9.94. The molecule has 1 heterocycles. The summed E-state index contributed by atoms with van der Waals surface area (Å²) >= 11 is 0. The Labute approximate surface area is 180 Å². The summed E-state index contributed by atoms with van der Waals surface area (Å²) < 4.78 is 11.0. The number of aliphatic hydroxyl groups is 1.